The summed E-state index contributed by atoms with van der Waals surface area (Å²) in [5.74, 6) is -4.79. The fourth-order valence-corrected chi connectivity index (χ4v) is 6.89. The number of rotatable bonds is 11. The number of fused-ring (bicyclic) bond motifs is 1. The Morgan fingerprint density at radius 1 is 1.39 bits per heavy atom. The number of thioether (sulfide) groups is 3. The summed E-state index contributed by atoms with van der Waals surface area (Å²) < 4.78 is 59.6. The molecule has 13 nitrogen and oxygen atoms in total. The van der Waals surface area contributed by atoms with Crippen molar-refractivity contribution in [2.75, 3.05) is 17.3 Å². The molecular formula is C15H17F3N7NaO6S4. The minimum atomic E-state index is -4.62. The van der Waals surface area contributed by atoms with E-state index in [2.05, 4.69) is 25.9 Å². The van der Waals surface area contributed by atoms with E-state index in [1.165, 1.54) is 0 Å². The molecule has 0 spiro atoms. The van der Waals surface area contributed by atoms with E-state index in [0.717, 1.165) is 28.4 Å². The van der Waals surface area contributed by atoms with Crippen LogP contribution in [0.25, 0.3) is 0 Å². The summed E-state index contributed by atoms with van der Waals surface area (Å²) in [7, 11) is -3.78. The summed E-state index contributed by atoms with van der Waals surface area (Å²) in [6.45, 7) is 0. The number of hydrogen-bond donors (Lipinski definition) is 3. The van der Waals surface area contributed by atoms with Crippen LogP contribution in [0.2, 0.25) is 0 Å². The summed E-state index contributed by atoms with van der Waals surface area (Å²) in [6.07, 6.45) is 0.204. The van der Waals surface area contributed by atoms with Crippen molar-refractivity contribution in [3.63, 3.8) is 0 Å². The van der Waals surface area contributed by atoms with Gasteiger partial charge in [0.15, 0.2) is 0 Å². The molecule has 4 N–H and O–H groups in total. The van der Waals surface area contributed by atoms with Gasteiger partial charge >= 0.3 is 35.1 Å². The number of nitrogens with zero attached hydrogens (tertiary/aromatic N) is 4. The van der Waals surface area contributed by atoms with Gasteiger partial charge in [0.1, 0.15) is 11.4 Å². The maximum Gasteiger partial charge on any atom is 1.00 e. The average Bonchev–Trinajstić information content (AvgIpc) is 3.26. The minimum Gasteiger partial charge on any atom is -0.543 e. The number of carbonyl (C=O) groups excluding carboxylic acids is 3. The van der Waals surface area contributed by atoms with Crippen molar-refractivity contribution < 1.29 is 70.6 Å². The molecule has 0 bridgehead atoms. The molecule has 1 fully saturated rings. The molecule has 21 heteroatoms. The van der Waals surface area contributed by atoms with Gasteiger partial charge < -0.3 is 15.2 Å². The molecule has 0 radical (unpaired) electrons. The van der Waals surface area contributed by atoms with Crippen LogP contribution in [-0.4, -0.2) is 91.2 Å². The molecule has 2 aliphatic heterocycles. The molecule has 2 aliphatic rings. The first-order chi connectivity index (χ1) is 16.3. The van der Waals surface area contributed by atoms with Crippen LogP contribution < -0.4 is 45.1 Å². The number of nitrogens with two attached hydrogens (primary N) is 1. The normalized spacial score (nSPS) is 20.8. The number of nitrogens with one attached hydrogen (secondary N) is 2. The Balaban J connectivity index is 0.00000456. The molecule has 36 heavy (non-hydrogen) atoms. The standard InChI is InChI=1S/C15H18F3N7O6S4.Na/c16-15(17,18)33-5-8(26)20-9-11(27)25-10(13(28)29)6(4-32-12(9)25)7(2-1-3-35(19,30)31)34-14-21-23-24-22-14;/h7,9,12H,1-5H2,(H,20,26)(H,28,29)(H2,19,30,31)(H,21,22,23,24);/q;+1/p-1/t7?,9?,12-;/m0./s1. The molecule has 0 saturated carbocycles. The zero-order chi connectivity index (χ0) is 26.0. The van der Waals surface area contributed by atoms with Crippen molar-refractivity contribution in [2.24, 2.45) is 5.14 Å². The number of carbonyl (C=O) groups is 3. The molecule has 1 aromatic heterocycles. The Bertz CT molecular complexity index is 1120. The number of hydrogen-bond acceptors (Lipinski definition) is 12. The maximum absolute atomic E-state index is 12.7. The monoisotopic (exact) mass is 599 g/mol. The smallest absolute Gasteiger partial charge is 0.543 e. The summed E-state index contributed by atoms with van der Waals surface area (Å²) in [6, 6.07) is -1.20. The van der Waals surface area contributed by atoms with E-state index in [0.29, 0.717) is 0 Å². The number of carboxylic acid groups (broad SMARTS) is 1. The third-order valence-electron chi connectivity index (χ3n) is 4.74. The Kier molecular flexibility index (Phi) is 11.0. The van der Waals surface area contributed by atoms with Gasteiger partial charge in [-0.2, -0.15) is 13.2 Å². The fraction of sp³-hybridized carbons (Fsp3) is 0.600. The van der Waals surface area contributed by atoms with Crippen molar-refractivity contribution in [1.29, 1.82) is 0 Å². The van der Waals surface area contributed by atoms with Crippen molar-refractivity contribution in [1.82, 2.24) is 30.8 Å². The van der Waals surface area contributed by atoms with E-state index >= 15 is 0 Å². The molecule has 3 heterocycles. The van der Waals surface area contributed by atoms with Gasteiger partial charge in [0.25, 0.3) is 5.91 Å². The van der Waals surface area contributed by atoms with Crippen molar-refractivity contribution in [3.8, 4) is 0 Å². The Labute approximate surface area is 237 Å². The minimum absolute atomic E-state index is 0. The van der Waals surface area contributed by atoms with Crippen molar-refractivity contribution >= 4 is 63.1 Å². The topological polar surface area (TPSA) is 204 Å². The third-order valence-corrected chi connectivity index (χ3v) is 8.83. The molecule has 2 amide bonds. The van der Waals surface area contributed by atoms with Crippen LogP contribution in [-0.2, 0) is 24.4 Å². The number of aliphatic carboxylic acids is 1. The second kappa shape index (κ2) is 12.7. The molecule has 2 unspecified atom stereocenters. The molecular weight excluding hydrogens is 582 g/mol. The number of amides is 2. The predicted molar refractivity (Wildman–Crippen MR) is 117 cm³/mol. The molecule has 1 aromatic rings. The van der Waals surface area contributed by atoms with Crippen molar-refractivity contribution in [2.45, 2.75) is 40.2 Å². The van der Waals surface area contributed by atoms with Crippen LogP contribution in [0.3, 0.4) is 0 Å². The van der Waals surface area contributed by atoms with E-state index in [4.69, 9.17) is 5.14 Å². The quantitative estimate of drug-likeness (QED) is 0.125. The van der Waals surface area contributed by atoms with Crippen LogP contribution in [0.5, 0.6) is 0 Å². The van der Waals surface area contributed by atoms with Gasteiger partial charge in [0.2, 0.25) is 21.1 Å². The number of sulfonamides is 1. The molecule has 3 atom stereocenters. The zero-order valence-electron chi connectivity index (χ0n) is 18.4. The second-order valence-corrected chi connectivity index (χ2v) is 12.2. The van der Waals surface area contributed by atoms with Gasteiger partial charge in [0.05, 0.1) is 23.2 Å². The Morgan fingerprint density at radius 3 is 2.64 bits per heavy atom. The van der Waals surface area contributed by atoms with Crippen LogP contribution in [0.15, 0.2) is 16.4 Å². The van der Waals surface area contributed by atoms with E-state index in [-0.39, 0.29) is 64.6 Å². The number of alkyl halides is 3. The van der Waals surface area contributed by atoms with Gasteiger partial charge in [-0.25, -0.2) is 18.7 Å². The first kappa shape index (κ1) is 31.2. The molecule has 0 aromatic carbocycles. The molecule has 194 valence electrons. The fourth-order valence-electron chi connectivity index (χ4n) is 3.35. The van der Waals surface area contributed by atoms with E-state index < -0.39 is 73.2 Å². The Hall–Kier alpha value is -1.03. The second-order valence-electron chi connectivity index (χ2n) is 7.17. The van der Waals surface area contributed by atoms with Gasteiger partial charge in [0, 0.05) is 11.0 Å². The Morgan fingerprint density at radius 2 is 2.08 bits per heavy atom. The SMILES string of the molecule is NS(=O)(=O)CCCC(Sc1nnn[nH]1)C1=C(C(=O)[O-])N2C(=O)C(NC(=O)CSC(F)(F)F)[C@@H]2SC1.[Na+]. The maximum atomic E-state index is 12.7. The van der Waals surface area contributed by atoms with Crippen LogP contribution in [0.1, 0.15) is 12.8 Å². The van der Waals surface area contributed by atoms with Crippen LogP contribution >= 0.6 is 35.3 Å². The van der Waals surface area contributed by atoms with Crippen molar-refractivity contribution in [3.05, 3.63) is 11.3 Å². The first-order valence-electron chi connectivity index (χ1n) is 9.57. The first-order valence-corrected chi connectivity index (χ1v) is 14.2. The zero-order valence-corrected chi connectivity index (χ0v) is 23.6. The van der Waals surface area contributed by atoms with Crippen LogP contribution in [0.4, 0.5) is 13.2 Å². The van der Waals surface area contributed by atoms with E-state index in [9.17, 15) is 41.1 Å². The number of halogens is 3. The van der Waals surface area contributed by atoms with Crippen LogP contribution in [0, 0.1) is 0 Å². The number of aromatic nitrogens is 4. The number of tetrazole rings is 1. The predicted octanol–water partition coefficient (Wildman–Crippen LogP) is -4.61. The van der Waals surface area contributed by atoms with E-state index in [1.54, 1.807) is 0 Å². The van der Waals surface area contributed by atoms with Gasteiger partial charge in [-0.05, 0) is 40.6 Å². The summed E-state index contributed by atoms with van der Waals surface area (Å²) in [5, 5.41) is 31.0. The number of primary sulfonamides is 1. The summed E-state index contributed by atoms with van der Waals surface area (Å²) in [5.41, 5.74) is -4.83. The number of carboxylic acids is 1. The largest absolute Gasteiger partial charge is 1.00 e. The van der Waals surface area contributed by atoms with Gasteiger partial charge in [-0.15, -0.1) is 16.9 Å². The summed E-state index contributed by atoms with van der Waals surface area (Å²) in [4.78, 5) is 37.5. The third kappa shape index (κ3) is 8.23. The van der Waals surface area contributed by atoms with Gasteiger partial charge in [-0.3, -0.25) is 14.5 Å². The number of H-pyrrole nitrogens is 1. The van der Waals surface area contributed by atoms with Gasteiger partial charge in [-0.1, -0.05) is 11.8 Å². The number of β-lactam (4-membered cyclic amide) rings is 1. The van der Waals surface area contributed by atoms with E-state index in [1.807, 2.05) is 0 Å². The molecule has 0 aliphatic carbocycles. The molecule has 3 rings (SSSR count). The average molecular weight is 600 g/mol. The molecule has 1 saturated heterocycles. The number of aromatic amines is 1. The summed E-state index contributed by atoms with van der Waals surface area (Å²) >= 11 is 1.55.